The van der Waals surface area contributed by atoms with E-state index in [1.165, 1.54) is 16.7 Å². The number of nitrogens with one attached hydrogen (secondary N) is 1. The maximum absolute atomic E-state index is 10.7. The number of hydrogen-bond acceptors (Lipinski definition) is 6. The number of thiazole rings is 2. The second-order valence-corrected chi connectivity index (χ2v) is 5.10. The molecule has 2 rings (SSSR count). The fourth-order valence-electron chi connectivity index (χ4n) is 1.33. The molecule has 2 heterocycles. The van der Waals surface area contributed by atoms with Gasteiger partial charge in [-0.1, -0.05) is 6.92 Å². The van der Waals surface area contributed by atoms with Gasteiger partial charge in [-0.2, -0.15) is 0 Å². The summed E-state index contributed by atoms with van der Waals surface area (Å²) in [7, 11) is 0. The molecule has 0 saturated heterocycles. The monoisotopic (exact) mass is 269 g/mol. The Hall–Kier alpha value is -1.47. The van der Waals surface area contributed by atoms with E-state index in [0.29, 0.717) is 5.13 Å². The first-order valence-corrected chi connectivity index (χ1v) is 6.81. The molecule has 0 aliphatic rings. The molecule has 17 heavy (non-hydrogen) atoms. The highest BCUT2D eigenvalue weighted by Gasteiger charge is 2.15. The van der Waals surface area contributed by atoms with E-state index in [4.69, 9.17) is 5.11 Å². The summed E-state index contributed by atoms with van der Waals surface area (Å²) in [6.07, 6.45) is 2.63. The number of anilines is 1. The van der Waals surface area contributed by atoms with Crippen molar-refractivity contribution in [2.45, 2.75) is 19.4 Å². The van der Waals surface area contributed by atoms with Crippen molar-refractivity contribution in [3.63, 3.8) is 0 Å². The molecule has 90 valence electrons. The first-order chi connectivity index (χ1) is 8.20. The van der Waals surface area contributed by atoms with Crippen LogP contribution in [0.4, 0.5) is 5.13 Å². The molecule has 7 heteroatoms. The Morgan fingerprint density at radius 2 is 2.41 bits per heavy atom. The van der Waals surface area contributed by atoms with E-state index in [2.05, 4.69) is 15.3 Å². The summed E-state index contributed by atoms with van der Waals surface area (Å²) in [5.74, 6) is -1.00. The van der Waals surface area contributed by atoms with E-state index >= 15 is 0 Å². The molecule has 2 aromatic heterocycles. The molecule has 2 aromatic rings. The number of carbonyl (C=O) groups is 1. The SMILES string of the molecule is CCC(Nc1nc(C(=O)O)cs1)c1nccs1. The van der Waals surface area contributed by atoms with Gasteiger partial charge in [-0.15, -0.1) is 22.7 Å². The first-order valence-electron chi connectivity index (χ1n) is 5.05. The maximum atomic E-state index is 10.7. The van der Waals surface area contributed by atoms with Crippen molar-refractivity contribution >= 4 is 33.8 Å². The molecule has 1 unspecified atom stereocenters. The Morgan fingerprint density at radius 1 is 1.59 bits per heavy atom. The summed E-state index contributed by atoms with van der Waals surface area (Å²) in [6.45, 7) is 2.05. The van der Waals surface area contributed by atoms with Gasteiger partial charge in [0, 0.05) is 17.0 Å². The van der Waals surface area contributed by atoms with Crippen LogP contribution in [-0.4, -0.2) is 21.0 Å². The Bertz CT molecular complexity index is 495. The van der Waals surface area contributed by atoms with Gasteiger partial charge in [0.25, 0.3) is 0 Å². The van der Waals surface area contributed by atoms with E-state index in [1.54, 1.807) is 17.5 Å². The van der Waals surface area contributed by atoms with Gasteiger partial charge in [0.1, 0.15) is 5.01 Å². The minimum atomic E-state index is -1.00. The fourth-order valence-corrected chi connectivity index (χ4v) is 2.84. The smallest absolute Gasteiger partial charge is 0.355 e. The van der Waals surface area contributed by atoms with Crippen molar-refractivity contribution in [3.05, 3.63) is 27.7 Å². The lowest BCUT2D eigenvalue weighted by atomic mass is 10.2. The van der Waals surface area contributed by atoms with Crippen LogP contribution in [0.2, 0.25) is 0 Å². The molecule has 0 amide bonds. The second-order valence-electron chi connectivity index (χ2n) is 3.32. The minimum Gasteiger partial charge on any atom is -0.476 e. The van der Waals surface area contributed by atoms with Crippen LogP contribution in [0.15, 0.2) is 17.0 Å². The van der Waals surface area contributed by atoms with Crippen molar-refractivity contribution in [1.82, 2.24) is 9.97 Å². The number of rotatable bonds is 5. The number of aromatic carboxylic acids is 1. The normalized spacial score (nSPS) is 12.3. The predicted molar refractivity (Wildman–Crippen MR) is 67.8 cm³/mol. The van der Waals surface area contributed by atoms with Gasteiger partial charge in [0.05, 0.1) is 6.04 Å². The van der Waals surface area contributed by atoms with Crippen molar-refractivity contribution < 1.29 is 9.90 Å². The van der Waals surface area contributed by atoms with E-state index < -0.39 is 5.97 Å². The van der Waals surface area contributed by atoms with E-state index in [1.807, 2.05) is 12.3 Å². The summed E-state index contributed by atoms with van der Waals surface area (Å²) in [5, 5.41) is 17.0. The maximum Gasteiger partial charge on any atom is 0.355 e. The van der Waals surface area contributed by atoms with Gasteiger partial charge in [0.2, 0.25) is 0 Å². The molecule has 0 aliphatic carbocycles. The number of nitrogens with zero attached hydrogens (tertiary/aromatic N) is 2. The van der Waals surface area contributed by atoms with Gasteiger partial charge >= 0.3 is 5.97 Å². The van der Waals surface area contributed by atoms with Crippen molar-refractivity contribution in [2.24, 2.45) is 0 Å². The Kier molecular flexibility index (Phi) is 3.70. The molecule has 0 fully saturated rings. The van der Waals surface area contributed by atoms with Gasteiger partial charge in [0.15, 0.2) is 10.8 Å². The number of hydrogen-bond donors (Lipinski definition) is 2. The molecule has 2 N–H and O–H groups in total. The highest BCUT2D eigenvalue weighted by atomic mass is 32.1. The fraction of sp³-hybridized carbons (Fsp3) is 0.300. The number of aromatic nitrogens is 2. The van der Waals surface area contributed by atoms with Crippen LogP contribution < -0.4 is 5.32 Å². The minimum absolute atomic E-state index is 0.0755. The number of carboxylic acids is 1. The largest absolute Gasteiger partial charge is 0.476 e. The van der Waals surface area contributed by atoms with Gasteiger partial charge in [-0.25, -0.2) is 14.8 Å². The van der Waals surface area contributed by atoms with E-state index in [9.17, 15) is 4.79 Å². The molecule has 1 atom stereocenters. The lowest BCUT2D eigenvalue weighted by Crippen LogP contribution is -2.09. The Balaban J connectivity index is 2.10. The standard InChI is InChI=1S/C10H11N3O2S2/c1-2-6(8-11-3-4-16-8)12-10-13-7(5-17-10)9(14)15/h3-6H,2H2,1H3,(H,12,13)(H,14,15). The van der Waals surface area contributed by atoms with Crippen LogP contribution in [0, 0.1) is 0 Å². The third kappa shape index (κ3) is 2.80. The summed E-state index contributed by atoms with van der Waals surface area (Å²) < 4.78 is 0. The molecule has 0 aliphatic heterocycles. The van der Waals surface area contributed by atoms with Gasteiger partial charge < -0.3 is 10.4 Å². The van der Waals surface area contributed by atoms with Crippen molar-refractivity contribution in [3.8, 4) is 0 Å². The molecular weight excluding hydrogens is 258 g/mol. The number of carboxylic acid groups (broad SMARTS) is 1. The molecule has 0 radical (unpaired) electrons. The first kappa shape index (κ1) is 12.0. The Morgan fingerprint density at radius 3 is 2.94 bits per heavy atom. The van der Waals surface area contributed by atoms with E-state index in [-0.39, 0.29) is 11.7 Å². The predicted octanol–water partition coefficient (Wildman–Crippen LogP) is 2.86. The van der Waals surface area contributed by atoms with Gasteiger partial charge in [-0.05, 0) is 6.42 Å². The zero-order valence-electron chi connectivity index (χ0n) is 9.08. The van der Waals surface area contributed by atoms with Crippen LogP contribution in [0.1, 0.15) is 34.9 Å². The van der Waals surface area contributed by atoms with Crippen molar-refractivity contribution in [1.29, 1.82) is 0 Å². The molecule has 5 nitrogen and oxygen atoms in total. The van der Waals surface area contributed by atoms with Crippen LogP contribution in [0.5, 0.6) is 0 Å². The second kappa shape index (κ2) is 5.24. The zero-order valence-corrected chi connectivity index (χ0v) is 10.7. The summed E-state index contributed by atoms with van der Waals surface area (Å²) in [5.41, 5.74) is 0.0755. The molecule has 0 saturated carbocycles. The summed E-state index contributed by atoms with van der Waals surface area (Å²) in [4.78, 5) is 18.9. The highest BCUT2D eigenvalue weighted by Crippen LogP contribution is 2.26. The van der Waals surface area contributed by atoms with Crippen LogP contribution in [-0.2, 0) is 0 Å². The van der Waals surface area contributed by atoms with Crippen LogP contribution >= 0.6 is 22.7 Å². The lowest BCUT2D eigenvalue weighted by Gasteiger charge is -2.12. The quantitative estimate of drug-likeness (QED) is 0.873. The highest BCUT2D eigenvalue weighted by molar-refractivity contribution is 7.14. The topological polar surface area (TPSA) is 75.1 Å². The molecular formula is C10H11N3O2S2. The van der Waals surface area contributed by atoms with Crippen LogP contribution in [0.3, 0.4) is 0 Å². The molecule has 0 bridgehead atoms. The molecule has 0 aromatic carbocycles. The van der Waals surface area contributed by atoms with E-state index in [0.717, 1.165) is 11.4 Å². The zero-order chi connectivity index (χ0) is 12.3. The van der Waals surface area contributed by atoms with Crippen molar-refractivity contribution in [2.75, 3.05) is 5.32 Å². The molecule has 0 spiro atoms. The summed E-state index contributed by atoms with van der Waals surface area (Å²) in [6, 6.07) is 0.0859. The lowest BCUT2D eigenvalue weighted by molar-refractivity contribution is 0.0691. The van der Waals surface area contributed by atoms with Gasteiger partial charge in [-0.3, -0.25) is 0 Å². The third-order valence-corrected chi connectivity index (χ3v) is 3.84. The third-order valence-electron chi connectivity index (χ3n) is 2.18. The average Bonchev–Trinajstić information content (AvgIpc) is 2.96. The van der Waals surface area contributed by atoms with Crippen LogP contribution in [0.25, 0.3) is 0 Å². The average molecular weight is 269 g/mol. The Labute approximate surface area is 106 Å². The summed E-state index contributed by atoms with van der Waals surface area (Å²) >= 11 is 2.87.